The Hall–Kier alpha value is -1.44. The molecule has 0 bridgehead atoms. The third-order valence-electron chi connectivity index (χ3n) is 4.46. The molecule has 136 valence electrons. The van der Waals surface area contributed by atoms with Gasteiger partial charge >= 0.3 is 0 Å². The van der Waals surface area contributed by atoms with Gasteiger partial charge in [-0.3, -0.25) is 0 Å². The normalized spacial score (nSPS) is 15.5. The van der Waals surface area contributed by atoms with Crippen LogP contribution in [0.1, 0.15) is 36.1 Å². The van der Waals surface area contributed by atoms with Crippen LogP contribution < -0.4 is 9.62 Å². The number of hydrogen-bond acceptors (Lipinski definition) is 5. The number of hydrogen-bond donors (Lipinski definition) is 1. The van der Waals surface area contributed by atoms with Crippen molar-refractivity contribution in [2.24, 2.45) is 0 Å². The summed E-state index contributed by atoms with van der Waals surface area (Å²) in [6.45, 7) is 6.29. The molecule has 1 aliphatic heterocycles. The fraction of sp³-hybridized carbons (Fsp3) is 0.500. The van der Waals surface area contributed by atoms with E-state index in [4.69, 9.17) is 0 Å². The van der Waals surface area contributed by atoms with Crippen molar-refractivity contribution in [3.05, 3.63) is 40.4 Å². The molecule has 25 heavy (non-hydrogen) atoms. The Balaban J connectivity index is 1.58. The maximum absolute atomic E-state index is 12.5. The van der Waals surface area contributed by atoms with Gasteiger partial charge in [0.05, 0.1) is 10.6 Å². The second-order valence-electron chi connectivity index (χ2n) is 6.59. The lowest BCUT2D eigenvalue weighted by molar-refractivity contribution is 0.575. The Kier molecular flexibility index (Phi) is 5.76. The number of sulfonamides is 1. The van der Waals surface area contributed by atoms with E-state index in [9.17, 15) is 8.42 Å². The minimum Gasteiger partial charge on any atom is -0.348 e. The first-order valence-electron chi connectivity index (χ1n) is 8.72. The van der Waals surface area contributed by atoms with Crippen LogP contribution in [0.3, 0.4) is 0 Å². The predicted molar refractivity (Wildman–Crippen MR) is 103 cm³/mol. The summed E-state index contributed by atoms with van der Waals surface area (Å²) in [6, 6.07) is 5.39. The Morgan fingerprint density at radius 2 is 1.96 bits per heavy atom. The topological polar surface area (TPSA) is 62.3 Å². The first-order valence-corrected chi connectivity index (χ1v) is 11.1. The van der Waals surface area contributed by atoms with Gasteiger partial charge in [-0.1, -0.05) is 17.7 Å². The minimum absolute atomic E-state index is 0.352. The molecule has 3 rings (SSSR count). The number of nitrogens with one attached hydrogen (secondary N) is 1. The Morgan fingerprint density at radius 1 is 1.20 bits per heavy atom. The fourth-order valence-corrected chi connectivity index (χ4v) is 5.30. The SMILES string of the molecule is Cc1ccc(S(=O)(=O)NCCc2csc(N3CCCCC3)n2)c(C)c1. The number of nitrogens with zero attached hydrogens (tertiary/aromatic N) is 2. The highest BCUT2D eigenvalue weighted by atomic mass is 32.2. The molecule has 0 spiro atoms. The molecule has 1 N–H and O–H groups in total. The molecule has 0 amide bonds. The van der Waals surface area contributed by atoms with Gasteiger partial charge in [-0.05, 0) is 44.7 Å². The molecular weight excluding hydrogens is 354 g/mol. The fourth-order valence-electron chi connectivity index (χ4n) is 3.13. The molecule has 7 heteroatoms. The number of anilines is 1. The van der Waals surface area contributed by atoms with E-state index in [0.717, 1.165) is 35.0 Å². The van der Waals surface area contributed by atoms with Crippen molar-refractivity contribution in [2.45, 2.75) is 44.4 Å². The monoisotopic (exact) mass is 379 g/mol. The van der Waals surface area contributed by atoms with Crippen LogP contribution in [0.15, 0.2) is 28.5 Å². The lowest BCUT2D eigenvalue weighted by Crippen LogP contribution is -2.29. The summed E-state index contributed by atoms with van der Waals surface area (Å²) in [5.74, 6) is 0. The molecule has 1 aromatic heterocycles. The molecule has 1 fully saturated rings. The molecule has 1 aliphatic rings. The second-order valence-corrected chi connectivity index (χ2v) is 9.16. The third kappa shape index (κ3) is 4.59. The summed E-state index contributed by atoms with van der Waals surface area (Å²) in [6.07, 6.45) is 4.36. The smallest absolute Gasteiger partial charge is 0.240 e. The lowest BCUT2D eigenvalue weighted by atomic mass is 10.1. The molecule has 0 radical (unpaired) electrons. The summed E-state index contributed by atoms with van der Waals surface area (Å²) in [4.78, 5) is 7.35. The number of rotatable bonds is 6. The average Bonchev–Trinajstić information content (AvgIpc) is 3.04. The van der Waals surface area contributed by atoms with E-state index in [1.807, 2.05) is 31.4 Å². The van der Waals surface area contributed by atoms with Crippen LogP contribution in [0.25, 0.3) is 0 Å². The molecule has 1 saturated heterocycles. The van der Waals surface area contributed by atoms with Crippen LogP contribution in [0.5, 0.6) is 0 Å². The summed E-state index contributed by atoms with van der Waals surface area (Å²) < 4.78 is 27.6. The number of thiazole rings is 1. The number of aromatic nitrogens is 1. The van der Waals surface area contributed by atoms with E-state index in [0.29, 0.717) is 17.9 Å². The van der Waals surface area contributed by atoms with Crippen LogP contribution in [0, 0.1) is 13.8 Å². The third-order valence-corrected chi connectivity index (χ3v) is 7.03. The minimum atomic E-state index is -3.48. The van der Waals surface area contributed by atoms with Crippen LogP contribution in [0.4, 0.5) is 5.13 Å². The number of aryl methyl sites for hydroxylation is 2. The zero-order valence-corrected chi connectivity index (χ0v) is 16.4. The van der Waals surface area contributed by atoms with Crippen LogP contribution in [-0.4, -0.2) is 33.0 Å². The molecule has 1 aromatic carbocycles. The zero-order chi connectivity index (χ0) is 17.9. The first-order chi connectivity index (χ1) is 12.0. The molecule has 0 saturated carbocycles. The van der Waals surface area contributed by atoms with Crippen LogP contribution in [0.2, 0.25) is 0 Å². The summed E-state index contributed by atoms with van der Waals surface area (Å²) in [5.41, 5.74) is 2.78. The van der Waals surface area contributed by atoms with Crippen molar-refractivity contribution in [2.75, 3.05) is 24.5 Å². The quantitative estimate of drug-likeness (QED) is 0.837. The van der Waals surface area contributed by atoms with Gasteiger partial charge in [0.1, 0.15) is 0 Å². The molecule has 2 heterocycles. The largest absolute Gasteiger partial charge is 0.348 e. The lowest BCUT2D eigenvalue weighted by Gasteiger charge is -2.25. The maximum Gasteiger partial charge on any atom is 0.240 e. The van der Waals surface area contributed by atoms with Crippen molar-refractivity contribution < 1.29 is 8.42 Å². The average molecular weight is 380 g/mol. The van der Waals surface area contributed by atoms with E-state index in [-0.39, 0.29) is 0 Å². The van der Waals surface area contributed by atoms with Gasteiger partial charge in [-0.2, -0.15) is 0 Å². The van der Waals surface area contributed by atoms with Gasteiger partial charge in [0.15, 0.2) is 5.13 Å². The molecular formula is C18H25N3O2S2. The Morgan fingerprint density at radius 3 is 2.68 bits per heavy atom. The molecule has 2 aromatic rings. The molecule has 0 unspecified atom stereocenters. The Labute approximate surface area is 154 Å². The molecule has 5 nitrogen and oxygen atoms in total. The number of benzene rings is 1. The van der Waals surface area contributed by atoms with Crippen molar-refractivity contribution in [1.29, 1.82) is 0 Å². The van der Waals surface area contributed by atoms with E-state index in [1.54, 1.807) is 17.4 Å². The van der Waals surface area contributed by atoms with Gasteiger partial charge in [-0.25, -0.2) is 18.1 Å². The summed E-state index contributed by atoms with van der Waals surface area (Å²) in [5, 5.41) is 3.10. The van der Waals surface area contributed by atoms with Gasteiger partial charge in [-0.15, -0.1) is 11.3 Å². The van der Waals surface area contributed by atoms with Gasteiger partial charge in [0.25, 0.3) is 0 Å². The standard InChI is InChI=1S/C18H25N3O2S2/c1-14-6-7-17(15(2)12-14)25(22,23)19-9-8-16-13-24-18(20-16)21-10-4-3-5-11-21/h6-7,12-13,19H,3-5,8-11H2,1-2H3. The van der Waals surface area contributed by atoms with E-state index >= 15 is 0 Å². The predicted octanol–water partition coefficient (Wildman–Crippen LogP) is 3.27. The number of piperidine rings is 1. The molecule has 0 aliphatic carbocycles. The van der Waals surface area contributed by atoms with Crippen LogP contribution in [-0.2, 0) is 16.4 Å². The first kappa shape index (κ1) is 18.4. The zero-order valence-electron chi connectivity index (χ0n) is 14.8. The van der Waals surface area contributed by atoms with E-state index in [1.165, 1.54) is 19.3 Å². The highest BCUT2D eigenvalue weighted by Gasteiger charge is 2.17. The van der Waals surface area contributed by atoms with Gasteiger partial charge in [0.2, 0.25) is 10.0 Å². The highest BCUT2D eigenvalue weighted by Crippen LogP contribution is 2.24. The van der Waals surface area contributed by atoms with Crippen LogP contribution >= 0.6 is 11.3 Å². The molecule has 0 atom stereocenters. The van der Waals surface area contributed by atoms with Crippen molar-refractivity contribution in [3.8, 4) is 0 Å². The van der Waals surface area contributed by atoms with Gasteiger partial charge < -0.3 is 4.90 Å². The van der Waals surface area contributed by atoms with Crippen molar-refractivity contribution in [1.82, 2.24) is 9.71 Å². The van der Waals surface area contributed by atoms with E-state index in [2.05, 4.69) is 14.6 Å². The summed E-state index contributed by atoms with van der Waals surface area (Å²) >= 11 is 1.65. The summed E-state index contributed by atoms with van der Waals surface area (Å²) in [7, 11) is -3.48. The second kappa shape index (κ2) is 7.85. The van der Waals surface area contributed by atoms with E-state index < -0.39 is 10.0 Å². The van der Waals surface area contributed by atoms with Gasteiger partial charge in [0, 0.05) is 31.4 Å². The maximum atomic E-state index is 12.5. The highest BCUT2D eigenvalue weighted by molar-refractivity contribution is 7.89. The Bertz CT molecular complexity index is 825. The van der Waals surface area contributed by atoms with Crippen molar-refractivity contribution >= 4 is 26.5 Å². The van der Waals surface area contributed by atoms with Crippen molar-refractivity contribution in [3.63, 3.8) is 0 Å².